The third-order valence-corrected chi connectivity index (χ3v) is 3.26. The maximum Gasteiger partial charge on any atom is 0.416 e. The Morgan fingerprint density at radius 1 is 1.47 bits per heavy atom. The zero-order valence-electron chi connectivity index (χ0n) is 11.0. The second-order valence-electron chi connectivity index (χ2n) is 5.40. The molecule has 7 heteroatoms. The lowest BCUT2D eigenvalue weighted by atomic mass is 10.2. The molecule has 0 atom stereocenters. The first-order valence-corrected chi connectivity index (χ1v) is 6.87. The van der Waals surface area contributed by atoms with Crippen molar-refractivity contribution in [2.75, 3.05) is 4.90 Å². The zero-order valence-corrected chi connectivity index (χ0v) is 11.9. The monoisotopic (exact) mass is 284 g/mol. The van der Waals surface area contributed by atoms with Crippen LogP contribution in [0.15, 0.2) is 5.38 Å². The number of nitrogens with zero attached hydrogens (tertiary/aromatic N) is 2. The fourth-order valence-electron chi connectivity index (χ4n) is 1.50. The topological polar surface area (TPSA) is 79.7 Å². The van der Waals surface area contributed by atoms with Gasteiger partial charge in [0.2, 0.25) is 0 Å². The highest BCUT2D eigenvalue weighted by Gasteiger charge is 2.38. The maximum absolute atomic E-state index is 12.1. The van der Waals surface area contributed by atoms with E-state index in [1.54, 1.807) is 20.8 Å². The van der Waals surface area contributed by atoms with E-state index in [0.29, 0.717) is 5.13 Å². The molecule has 1 aliphatic rings. The molecular formula is C12H16N2O4S. The van der Waals surface area contributed by atoms with Crippen LogP contribution in [-0.2, 0) is 4.74 Å². The molecule has 0 unspecified atom stereocenters. The first-order chi connectivity index (χ1) is 8.78. The van der Waals surface area contributed by atoms with Gasteiger partial charge >= 0.3 is 12.1 Å². The van der Waals surface area contributed by atoms with Crippen molar-refractivity contribution in [1.29, 1.82) is 0 Å². The molecule has 0 bridgehead atoms. The SMILES string of the molecule is CC(C)(C)OC(=O)N(c1nc(C(=O)O)cs1)C1CC1. The van der Waals surface area contributed by atoms with Crippen molar-refractivity contribution in [2.45, 2.75) is 45.3 Å². The molecular weight excluding hydrogens is 268 g/mol. The van der Waals surface area contributed by atoms with E-state index in [9.17, 15) is 9.59 Å². The number of amides is 1. The van der Waals surface area contributed by atoms with Gasteiger partial charge in [-0.05, 0) is 33.6 Å². The number of ether oxygens (including phenoxy) is 1. The molecule has 19 heavy (non-hydrogen) atoms. The Kier molecular flexibility index (Phi) is 3.49. The van der Waals surface area contributed by atoms with Gasteiger partial charge in [0.1, 0.15) is 5.60 Å². The minimum absolute atomic E-state index is 0.0470. The number of thiazole rings is 1. The number of rotatable bonds is 3. The van der Waals surface area contributed by atoms with Gasteiger partial charge in [-0.15, -0.1) is 11.3 Å². The van der Waals surface area contributed by atoms with Gasteiger partial charge in [-0.1, -0.05) is 0 Å². The Balaban J connectivity index is 2.20. The maximum atomic E-state index is 12.1. The van der Waals surface area contributed by atoms with Gasteiger partial charge in [-0.3, -0.25) is 0 Å². The molecule has 0 spiro atoms. The minimum atomic E-state index is -1.09. The predicted octanol–water partition coefficient (Wildman–Crippen LogP) is 2.75. The lowest BCUT2D eigenvalue weighted by molar-refractivity contribution is 0.0575. The summed E-state index contributed by atoms with van der Waals surface area (Å²) in [5.41, 5.74) is -0.633. The number of hydrogen-bond donors (Lipinski definition) is 1. The lowest BCUT2D eigenvalue weighted by Gasteiger charge is -2.25. The lowest BCUT2D eigenvalue weighted by Crippen LogP contribution is -2.38. The fourth-order valence-corrected chi connectivity index (χ4v) is 2.36. The van der Waals surface area contributed by atoms with Crippen molar-refractivity contribution >= 4 is 28.5 Å². The molecule has 2 rings (SSSR count). The van der Waals surface area contributed by atoms with E-state index in [1.807, 2.05) is 0 Å². The van der Waals surface area contributed by atoms with Crippen LogP contribution in [-0.4, -0.2) is 33.8 Å². The molecule has 0 radical (unpaired) electrons. The van der Waals surface area contributed by atoms with Gasteiger partial charge in [-0.25, -0.2) is 19.5 Å². The summed E-state index contributed by atoms with van der Waals surface area (Å²) >= 11 is 1.14. The summed E-state index contributed by atoms with van der Waals surface area (Å²) in [5.74, 6) is -1.09. The predicted molar refractivity (Wildman–Crippen MR) is 70.8 cm³/mol. The molecule has 1 heterocycles. The first-order valence-electron chi connectivity index (χ1n) is 5.99. The Labute approximate surface area is 115 Å². The highest BCUT2D eigenvalue weighted by atomic mass is 32.1. The van der Waals surface area contributed by atoms with Gasteiger partial charge in [0.15, 0.2) is 10.8 Å². The highest BCUT2D eigenvalue weighted by molar-refractivity contribution is 7.14. The molecule has 1 saturated carbocycles. The summed E-state index contributed by atoms with van der Waals surface area (Å²) in [7, 11) is 0. The van der Waals surface area contributed by atoms with E-state index in [-0.39, 0.29) is 11.7 Å². The molecule has 1 fully saturated rings. The standard InChI is InChI=1S/C12H16N2O4S/c1-12(2,3)18-11(17)14(7-4-5-7)10-13-8(6-19-10)9(15)16/h6-7H,4-5H2,1-3H3,(H,15,16). The minimum Gasteiger partial charge on any atom is -0.476 e. The van der Waals surface area contributed by atoms with Gasteiger partial charge < -0.3 is 9.84 Å². The van der Waals surface area contributed by atoms with Crippen LogP contribution < -0.4 is 4.90 Å². The molecule has 104 valence electrons. The van der Waals surface area contributed by atoms with Crippen LogP contribution in [0.25, 0.3) is 0 Å². The van der Waals surface area contributed by atoms with Gasteiger partial charge in [0.25, 0.3) is 0 Å². The number of aromatic nitrogens is 1. The highest BCUT2D eigenvalue weighted by Crippen LogP contribution is 2.34. The summed E-state index contributed by atoms with van der Waals surface area (Å²) in [6.07, 6.45) is 1.31. The third kappa shape index (κ3) is 3.44. The molecule has 0 aromatic carbocycles. The number of carboxylic acids is 1. The molecule has 0 aliphatic heterocycles. The van der Waals surface area contributed by atoms with Crippen molar-refractivity contribution in [1.82, 2.24) is 4.98 Å². The number of carbonyl (C=O) groups excluding carboxylic acids is 1. The van der Waals surface area contributed by atoms with E-state index in [0.717, 1.165) is 24.2 Å². The Morgan fingerprint density at radius 2 is 2.11 bits per heavy atom. The van der Waals surface area contributed by atoms with E-state index >= 15 is 0 Å². The van der Waals surface area contributed by atoms with E-state index in [2.05, 4.69) is 4.98 Å². The van der Waals surface area contributed by atoms with Crippen molar-refractivity contribution in [2.24, 2.45) is 0 Å². The van der Waals surface area contributed by atoms with Crippen molar-refractivity contribution in [3.05, 3.63) is 11.1 Å². The van der Waals surface area contributed by atoms with Crippen LogP contribution in [0.4, 0.5) is 9.93 Å². The third-order valence-electron chi connectivity index (χ3n) is 2.42. The van der Waals surface area contributed by atoms with Crippen LogP contribution in [0.2, 0.25) is 0 Å². The average molecular weight is 284 g/mol. The van der Waals surface area contributed by atoms with Crippen molar-refractivity contribution < 1.29 is 19.4 Å². The molecule has 1 aromatic rings. The quantitative estimate of drug-likeness (QED) is 0.923. The fraction of sp³-hybridized carbons (Fsp3) is 0.583. The summed E-state index contributed by atoms with van der Waals surface area (Å²) < 4.78 is 5.33. The summed E-state index contributed by atoms with van der Waals surface area (Å²) in [5, 5.41) is 10.7. The smallest absolute Gasteiger partial charge is 0.416 e. The van der Waals surface area contributed by atoms with E-state index in [1.165, 1.54) is 10.3 Å². The zero-order chi connectivity index (χ0) is 14.2. The Bertz CT molecular complexity index is 502. The van der Waals surface area contributed by atoms with Crippen molar-refractivity contribution in [3.63, 3.8) is 0 Å². The number of aromatic carboxylic acids is 1. The molecule has 1 aliphatic carbocycles. The Hall–Kier alpha value is -1.63. The molecule has 0 saturated heterocycles. The average Bonchev–Trinajstić information content (AvgIpc) is 2.92. The number of carboxylic acid groups (broad SMARTS) is 1. The van der Waals surface area contributed by atoms with Crippen molar-refractivity contribution in [3.8, 4) is 0 Å². The molecule has 6 nitrogen and oxygen atoms in total. The molecule has 1 N–H and O–H groups in total. The normalized spacial score (nSPS) is 15.1. The number of anilines is 1. The van der Waals surface area contributed by atoms with Crippen LogP contribution in [0.1, 0.15) is 44.1 Å². The largest absolute Gasteiger partial charge is 0.476 e. The summed E-state index contributed by atoms with van der Waals surface area (Å²) in [4.78, 5) is 28.4. The Morgan fingerprint density at radius 3 is 2.53 bits per heavy atom. The van der Waals surface area contributed by atoms with E-state index in [4.69, 9.17) is 9.84 Å². The second kappa shape index (κ2) is 4.80. The van der Waals surface area contributed by atoms with Gasteiger partial charge in [-0.2, -0.15) is 0 Å². The number of carbonyl (C=O) groups is 2. The van der Waals surface area contributed by atoms with Crippen LogP contribution >= 0.6 is 11.3 Å². The second-order valence-corrected chi connectivity index (χ2v) is 6.24. The van der Waals surface area contributed by atoms with E-state index < -0.39 is 17.7 Å². The van der Waals surface area contributed by atoms with Crippen LogP contribution in [0.3, 0.4) is 0 Å². The number of hydrogen-bond acceptors (Lipinski definition) is 5. The molecule has 1 amide bonds. The van der Waals surface area contributed by atoms with Crippen LogP contribution in [0.5, 0.6) is 0 Å². The molecule has 1 aromatic heterocycles. The van der Waals surface area contributed by atoms with Gasteiger partial charge in [0.05, 0.1) is 0 Å². The van der Waals surface area contributed by atoms with Gasteiger partial charge in [0, 0.05) is 11.4 Å². The first kappa shape index (κ1) is 13.8. The van der Waals surface area contributed by atoms with Crippen LogP contribution in [0, 0.1) is 0 Å². The summed E-state index contributed by atoms with van der Waals surface area (Å²) in [6.45, 7) is 5.38. The summed E-state index contributed by atoms with van der Waals surface area (Å²) in [6, 6.07) is 0.0719.